The van der Waals surface area contributed by atoms with Crippen LogP contribution in [-0.4, -0.2) is 0 Å². The first-order valence-corrected chi connectivity index (χ1v) is 4.17. The first-order valence-electron chi connectivity index (χ1n) is 1.32. The van der Waals surface area contributed by atoms with Gasteiger partial charge in [-0.05, 0) is 0 Å². The molecule has 0 N–H and O–H groups in total. The van der Waals surface area contributed by atoms with Gasteiger partial charge in [-0.2, -0.15) is 0 Å². The van der Waals surface area contributed by atoms with Gasteiger partial charge >= 0.3 is 42.4 Å². The van der Waals surface area contributed by atoms with E-state index in [9.17, 15) is 0 Å². The number of hydrogen-bond donors (Lipinski definition) is 0. The molecule has 0 spiro atoms. The molecule has 1 heteroatoms. The molecular weight excluding hydrogens is 148 g/mol. The van der Waals surface area contributed by atoms with Gasteiger partial charge in [-0.1, -0.05) is 0 Å². The van der Waals surface area contributed by atoms with Crippen LogP contribution in [0.5, 0.6) is 0 Å². The van der Waals surface area contributed by atoms with Gasteiger partial charge in [0, 0.05) is 0 Å². The normalized spacial score (nSPS) is 6.50. The number of hydrogen-bond acceptors (Lipinski definition) is 0. The number of allylic oxidation sites excluding steroid dienone is 1. The molecule has 19 valence electrons. The van der Waals surface area contributed by atoms with Gasteiger partial charge in [0.25, 0.3) is 0 Å². The zero-order chi connectivity index (χ0) is 3.41. The summed E-state index contributed by atoms with van der Waals surface area (Å²) in [4.78, 5) is 0. The predicted octanol–water partition coefficient (Wildman–Crippen LogP) is 1.14. The Balaban J connectivity index is 2.30. The van der Waals surface area contributed by atoms with Crippen LogP contribution in [0, 0.1) is 0 Å². The molecule has 0 atom stereocenters. The zero-order valence-corrected chi connectivity index (χ0v) is 6.73. The van der Waals surface area contributed by atoms with Crippen molar-refractivity contribution in [3.63, 3.8) is 0 Å². The zero-order valence-electron chi connectivity index (χ0n) is 2.70. The fraction of sp³-hybridized carbons (Fsp3) is 0.333. The Morgan fingerprint density at radius 3 is 2.25 bits per heavy atom. The molecule has 0 aromatic heterocycles. The molecule has 0 amide bonds. The van der Waals surface area contributed by atoms with E-state index >= 15 is 0 Å². The second kappa shape index (κ2) is 3.66. The van der Waals surface area contributed by atoms with Crippen molar-refractivity contribution in [2.24, 2.45) is 0 Å². The van der Waals surface area contributed by atoms with Gasteiger partial charge in [0.1, 0.15) is 0 Å². The van der Waals surface area contributed by atoms with Crippen LogP contribution in [0.15, 0.2) is 12.7 Å². The summed E-state index contributed by atoms with van der Waals surface area (Å²) in [6, 6.07) is 0. The monoisotopic (exact) mass is 155 g/mol. The number of rotatable bonds is 1. The summed E-state index contributed by atoms with van der Waals surface area (Å²) in [5.74, 6) is 0. The van der Waals surface area contributed by atoms with Crippen LogP contribution in [0.3, 0.4) is 0 Å². The molecule has 0 aromatic carbocycles. The van der Waals surface area contributed by atoms with Crippen LogP contribution in [0.2, 0.25) is 3.98 Å². The Morgan fingerprint density at radius 2 is 2.25 bits per heavy atom. The van der Waals surface area contributed by atoms with E-state index in [-0.39, 0.29) is 0 Å². The summed E-state index contributed by atoms with van der Waals surface area (Å²) in [5.41, 5.74) is 0. The predicted molar refractivity (Wildman–Crippen MR) is 15.0 cm³/mol. The maximum atomic E-state index is 3.52. The van der Waals surface area contributed by atoms with Crippen LogP contribution in [-0.2, 0) is 25.8 Å². The van der Waals surface area contributed by atoms with Gasteiger partial charge in [0.15, 0.2) is 0 Å². The molecule has 0 rings (SSSR count). The van der Waals surface area contributed by atoms with E-state index in [0.29, 0.717) is 0 Å². The molecule has 0 nitrogen and oxygen atoms in total. The van der Waals surface area contributed by atoms with Crippen molar-refractivity contribution in [1.82, 2.24) is 0 Å². The van der Waals surface area contributed by atoms with Gasteiger partial charge in [-0.15, -0.1) is 0 Å². The second-order valence-electron chi connectivity index (χ2n) is 0.577. The van der Waals surface area contributed by atoms with Crippen molar-refractivity contribution in [2.45, 2.75) is 3.98 Å². The van der Waals surface area contributed by atoms with Gasteiger partial charge < -0.3 is 0 Å². The molecule has 0 saturated heterocycles. The Hall–Kier alpha value is 0.662. The topological polar surface area (TPSA) is 0 Å². The summed E-state index contributed by atoms with van der Waals surface area (Å²) in [6.07, 6.45) is 1.95. The third kappa shape index (κ3) is 2.66. The van der Waals surface area contributed by atoms with Crippen LogP contribution in [0.25, 0.3) is 0 Å². The molecule has 0 aromatic rings. The van der Waals surface area contributed by atoms with Gasteiger partial charge in [0.2, 0.25) is 0 Å². The van der Waals surface area contributed by atoms with Gasteiger partial charge in [-0.3, -0.25) is 0 Å². The Labute approximate surface area is 42.6 Å². The van der Waals surface area contributed by atoms with Crippen LogP contribution < -0.4 is 0 Å². The van der Waals surface area contributed by atoms with Crippen molar-refractivity contribution >= 4 is 0 Å². The molecule has 0 saturated carbocycles. The summed E-state index contributed by atoms with van der Waals surface area (Å²) >= 11 is 1.09. The summed E-state index contributed by atoms with van der Waals surface area (Å²) < 4.78 is 1.25. The molecular formula is C3H5Cd. The first-order chi connectivity index (χ1) is 1.91. The van der Waals surface area contributed by atoms with Crippen molar-refractivity contribution in [2.75, 3.05) is 0 Å². The van der Waals surface area contributed by atoms with E-state index in [1.54, 1.807) is 0 Å². The second-order valence-corrected chi connectivity index (χ2v) is 2.23. The third-order valence-corrected chi connectivity index (χ3v) is 1.37. The quantitative estimate of drug-likeness (QED) is 0.391. The summed E-state index contributed by atoms with van der Waals surface area (Å²) in [5, 5.41) is 0. The molecule has 0 aliphatic heterocycles. The first kappa shape index (κ1) is 4.66. The maximum absolute atomic E-state index is 3.52. The van der Waals surface area contributed by atoms with E-state index in [4.69, 9.17) is 0 Å². The molecule has 0 fully saturated rings. The van der Waals surface area contributed by atoms with E-state index in [2.05, 4.69) is 6.58 Å². The molecule has 0 radical (unpaired) electrons. The molecule has 0 heterocycles. The van der Waals surface area contributed by atoms with Crippen molar-refractivity contribution < 1.29 is 25.8 Å². The molecule has 0 bridgehead atoms. The molecule has 4 heavy (non-hydrogen) atoms. The Kier molecular flexibility index (Phi) is 4.27. The van der Waals surface area contributed by atoms with Crippen LogP contribution in [0.4, 0.5) is 0 Å². The SMILES string of the molecule is C=C[CH2][Cd]. The van der Waals surface area contributed by atoms with Gasteiger partial charge in [-0.25, -0.2) is 0 Å². The van der Waals surface area contributed by atoms with Crippen molar-refractivity contribution in [1.29, 1.82) is 0 Å². The Bertz CT molecular complexity index is 17.2. The van der Waals surface area contributed by atoms with E-state index < -0.39 is 0 Å². The van der Waals surface area contributed by atoms with Crippen LogP contribution in [0.1, 0.15) is 0 Å². The van der Waals surface area contributed by atoms with Crippen molar-refractivity contribution in [3.8, 4) is 0 Å². The summed E-state index contributed by atoms with van der Waals surface area (Å²) in [6.45, 7) is 3.52. The molecule has 0 aliphatic carbocycles. The molecule has 0 unspecified atom stereocenters. The minimum absolute atomic E-state index is 1.09. The minimum atomic E-state index is 1.09. The Morgan fingerprint density at radius 1 is 2.00 bits per heavy atom. The fourth-order valence-corrected chi connectivity index (χ4v) is 0. The molecule has 0 aliphatic rings. The summed E-state index contributed by atoms with van der Waals surface area (Å²) in [7, 11) is 0. The third-order valence-electron chi connectivity index (χ3n) is 0.204. The average molecular weight is 153 g/mol. The van der Waals surface area contributed by atoms with E-state index in [0.717, 1.165) is 25.8 Å². The van der Waals surface area contributed by atoms with Crippen LogP contribution >= 0.6 is 0 Å². The van der Waals surface area contributed by atoms with E-state index in [1.807, 2.05) is 6.08 Å². The fourth-order valence-electron chi connectivity index (χ4n) is 0. The van der Waals surface area contributed by atoms with E-state index in [1.165, 1.54) is 3.98 Å². The van der Waals surface area contributed by atoms with Crippen molar-refractivity contribution in [3.05, 3.63) is 12.7 Å². The average Bonchev–Trinajstić information content (AvgIpc) is 1.37. The van der Waals surface area contributed by atoms with Gasteiger partial charge in [0.05, 0.1) is 0 Å². The standard InChI is InChI=1S/C3H5.Cd/c1-3-2;/h3H,1-2H2;.